The molecule has 0 aliphatic rings. The molecule has 0 amide bonds. The Morgan fingerprint density at radius 1 is 1.29 bits per heavy atom. The monoisotopic (exact) mass is 254 g/mol. The maximum atomic E-state index is 4.68. The third-order valence-electron chi connectivity index (χ3n) is 3.31. The second-order valence-electron chi connectivity index (χ2n) is 5.27. The van der Waals surface area contributed by atoms with E-state index in [2.05, 4.69) is 44.9 Å². The van der Waals surface area contributed by atoms with Crippen LogP contribution in [0.3, 0.4) is 0 Å². The van der Waals surface area contributed by atoms with Crippen molar-refractivity contribution in [2.45, 2.75) is 53.9 Å². The summed E-state index contributed by atoms with van der Waals surface area (Å²) in [6, 6.07) is 0. The van der Waals surface area contributed by atoms with Crippen molar-refractivity contribution in [3.63, 3.8) is 0 Å². The predicted octanol–water partition coefficient (Wildman–Crippen LogP) is 3.72. The SMILES string of the molecule is CCCC(C)(CNCC)Cc1nc(C)c(C)s1. The Morgan fingerprint density at radius 3 is 2.47 bits per heavy atom. The number of nitrogens with one attached hydrogen (secondary N) is 1. The Morgan fingerprint density at radius 2 is 2.00 bits per heavy atom. The van der Waals surface area contributed by atoms with Crippen molar-refractivity contribution in [3.05, 3.63) is 15.6 Å². The zero-order valence-corrected chi connectivity index (χ0v) is 12.7. The van der Waals surface area contributed by atoms with Crippen LogP contribution < -0.4 is 5.32 Å². The van der Waals surface area contributed by atoms with E-state index >= 15 is 0 Å². The summed E-state index contributed by atoms with van der Waals surface area (Å²) in [5.74, 6) is 0. The summed E-state index contributed by atoms with van der Waals surface area (Å²) in [5, 5.41) is 4.79. The van der Waals surface area contributed by atoms with E-state index in [1.165, 1.54) is 28.4 Å². The molecule has 1 atom stereocenters. The highest BCUT2D eigenvalue weighted by Gasteiger charge is 2.25. The molecule has 1 aromatic heterocycles. The zero-order valence-electron chi connectivity index (χ0n) is 11.9. The minimum atomic E-state index is 0.349. The first-order valence-electron chi connectivity index (χ1n) is 6.64. The number of aromatic nitrogens is 1. The average Bonchev–Trinajstić information content (AvgIpc) is 2.55. The van der Waals surface area contributed by atoms with Gasteiger partial charge in [0, 0.05) is 17.8 Å². The summed E-state index contributed by atoms with van der Waals surface area (Å²) in [7, 11) is 0. The van der Waals surface area contributed by atoms with E-state index < -0.39 is 0 Å². The van der Waals surface area contributed by atoms with E-state index in [0.29, 0.717) is 5.41 Å². The lowest BCUT2D eigenvalue weighted by Crippen LogP contribution is -2.33. The van der Waals surface area contributed by atoms with Crippen LogP contribution in [0.5, 0.6) is 0 Å². The minimum Gasteiger partial charge on any atom is -0.316 e. The van der Waals surface area contributed by atoms with Crippen molar-refractivity contribution < 1.29 is 0 Å². The standard InChI is InChI=1S/C14H26N2S/c1-6-8-14(5,10-15-7-2)9-13-16-11(3)12(4)17-13/h15H,6-10H2,1-5H3. The fourth-order valence-corrected chi connectivity index (χ4v) is 3.40. The van der Waals surface area contributed by atoms with Gasteiger partial charge in [-0.1, -0.05) is 27.2 Å². The summed E-state index contributed by atoms with van der Waals surface area (Å²) < 4.78 is 0. The van der Waals surface area contributed by atoms with Crippen molar-refractivity contribution in [1.29, 1.82) is 0 Å². The number of hydrogen-bond acceptors (Lipinski definition) is 3. The number of thiazole rings is 1. The van der Waals surface area contributed by atoms with Crippen molar-refractivity contribution in [1.82, 2.24) is 10.3 Å². The summed E-state index contributed by atoms with van der Waals surface area (Å²) >= 11 is 1.86. The van der Waals surface area contributed by atoms with Gasteiger partial charge in [0.1, 0.15) is 0 Å². The molecule has 0 radical (unpaired) electrons. The molecule has 0 aliphatic carbocycles. The van der Waals surface area contributed by atoms with Gasteiger partial charge in [-0.2, -0.15) is 0 Å². The van der Waals surface area contributed by atoms with Gasteiger partial charge in [-0.05, 0) is 32.2 Å². The number of nitrogens with zero attached hydrogens (tertiary/aromatic N) is 1. The molecule has 0 saturated heterocycles. The van der Waals surface area contributed by atoms with E-state index in [-0.39, 0.29) is 0 Å². The molecular weight excluding hydrogens is 228 g/mol. The Labute approximate surface area is 110 Å². The van der Waals surface area contributed by atoms with Gasteiger partial charge in [0.2, 0.25) is 0 Å². The highest BCUT2D eigenvalue weighted by atomic mass is 32.1. The van der Waals surface area contributed by atoms with E-state index in [4.69, 9.17) is 0 Å². The predicted molar refractivity (Wildman–Crippen MR) is 76.9 cm³/mol. The normalized spacial score (nSPS) is 14.9. The fourth-order valence-electron chi connectivity index (χ4n) is 2.25. The first-order valence-corrected chi connectivity index (χ1v) is 7.46. The number of hydrogen-bond donors (Lipinski definition) is 1. The Hall–Kier alpha value is -0.410. The molecule has 0 aliphatic heterocycles. The van der Waals surface area contributed by atoms with Gasteiger partial charge in [-0.3, -0.25) is 0 Å². The molecule has 0 aromatic carbocycles. The van der Waals surface area contributed by atoms with Gasteiger partial charge in [0.25, 0.3) is 0 Å². The van der Waals surface area contributed by atoms with Crippen LogP contribution in [-0.2, 0) is 6.42 Å². The molecule has 0 spiro atoms. The van der Waals surface area contributed by atoms with Crippen LogP contribution in [0.15, 0.2) is 0 Å². The van der Waals surface area contributed by atoms with E-state index in [0.717, 1.165) is 19.5 Å². The van der Waals surface area contributed by atoms with Gasteiger partial charge < -0.3 is 5.32 Å². The van der Waals surface area contributed by atoms with Gasteiger partial charge >= 0.3 is 0 Å². The first kappa shape index (κ1) is 14.7. The first-order chi connectivity index (χ1) is 8.00. The summed E-state index contributed by atoms with van der Waals surface area (Å²) in [6.45, 7) is 13.2. The second-order valence-corrected chi connectivity index (χ2v) is 6.55. The summed E-state index contributed by atoms with van der Waals surface area (Å²) in [6.07, 6.45) is 3.61. The molecule has 0 saturated carbocycles. The third kappa shape index (κ3) is 4.40. The smallest absolute Gasteiger partial charge is 0.0936 e. The average molecular weight is 254 g/mol. The van der Waals surface area contributed by atoms with E-state index in [1.54, 1.807) is 0 Å². The Kier molecular flexibility index (Phi) is 5.60. The maximum absolute atomic E-state index is 4.68. The minimum absolute atomic E-state index is 0.349. The van der Waals surface area contributed by atoms with Crippen molar-refractivity contribution in [2.75, 3.05) is 13.1 Å². The molecule has 1 unspecified atom stereocenters. The van der Waals surface area contributed by atoms with Gasteiger partial charge in [-0.15, -0.1) is 11.3 Å². The lowest BCUT2D eigenvalue weighted by molar-refractivity contribution is 0.277. The highest BCUT2D eigenvalue weighted by Crippen LogP contribution is 2.30. The lowest BCUT2D eigenvalue weighted by Gasteiger charge is -2.28. The number of rotatable bonds is 7. The largest absolute Gasteiger partial charge is 0.316 e. The van der Waals surface area contributed by atoms with Crippen LogP contribution in [0.4, 0.5) is 0 Å². The van der Waals surface area contributed by atoms with Crippen LogP contribution in [0.1, 0.15) is 49.2 Å². The van der Waals surface area contributed by atoms with Crippen LogP contribution >= 0.6 is 11.3 Å². The van der Waals surface area contributed by atoms with Crippen LogP contribution in [-0.4, -0.2) is 18.1 Å². The summed E-state index contributed by atoms with van der Waals surface area (Å²) in [4.78, 5) is 6.04. The molecule has 17 heavy (non-hydrogen) atoms. The highest BCUT2D eigenvalue weighted by molar-refractivity contribution is 7.11. The third-order valence-corrected chi connectivity index (χ3v) is 4.38. The van der Waals surface area contributed by atoms with Gasteiger partial charge in [0.05, 0.1) is 10.7 Å². The van der Waals surface area contributed by atoms with Gasteiger partial charge in [-0.25, -0.2) is 4.98 Å². The molecule has 1 N–H and O–H groups in total. The van der Waals surface area contributed by atoms with Crippen molar-refractivity contribution in [3.8, 4) is 0 Å². The Balaban J connectivity index is 2.71. The second kappa shape index (κ2) is 6.50. The molecule has 3 heteroatoms. The molecule has 1 rings (SSSR count). The lowest BCUT2D eigenvalue weighted by atomic mass is 9.82. The van der Waals surface area contributed by atoms with E-state index in [9.17, 15) is 0 Å². The fraction of sp³-hybridized carbons (Fsp3) is 0.786. The molecular formula is C14H26N2S. The molecule has 2 nitrogen and oxygen atoms in total. The molecule has 0 bridgehead atoms. The van der Waals surface area contributed by atoms with Crippen LogP contribution in [0, 0.1) is 19.3 Å². The quantitative estimate of drug-likeness (QED) is 0.802. The molecule has 1 aromatic rings. The Bertz CT molecular complexity index is 326. The topological polar surface area (TPSA) is 24.9 Å². The van der Waals surface area contributed by atoms with Crippen molar-refractivity contribution >= 4 is 11.3 Å². The summed E-state index contributed by atoms with van der Waals surface area (Å²) in [5.41, 5.74) is 1.55. The molecule has 98 valence electrons. The van der Waals surface area contributed by atoms with Gasteiger partial charge in [0.15, 0.2) is 0 Å². The molecule has 1 heterocycles. The number of aryl methyl sites for hydroxylation is 2. The van der Waals surface area contributed by atoms with E-state index in [1.807, 2.05) is 11.3 Å². The zero-order chi connectivity index (χ0) is 12.9. The maximum Gasteiger partial charge on any atom is 0.0936 e. The van der Waals surface area contributed by atoms with Crippen molar-refractivity contribution in [2.24, 2.45) is 5.41 Å². The molecule has 0 fully saturated rings. The van der Waals surface area contributed by atoms with Crippen LogP contribution in [0.25, 0.3) is 0 Å². The van der Waals surface area contributed by atoms with Crippen LogP contribution in [0.2, 0.25) is 0 Å².